The number of hydrogen-bond donors (Lipinski definition) is 1. The van der Waals surface area contributed by atoms with E-state index in [9.17, 15) is 9.59 Å². The maximum atomic E-state index is 12.0. The summed E-state index contributed by atoms with van der Waals surface area (Å²) in [5.74, 6) is 0. The van der Waals surface area contributed by atoms with E-state index in [4.69, 9.17) is 4.74 Å². The molecule has 0 aliphatic carbocycles. The van der Waals surface area contributed by atoms with E-state index in [1.54, 1.807) is 13.2 Å². The Morgan fingerprint density at radius 2 is 2.12 bits per heavy atom. The van der Waals surface area contributed by atoms with Crippen LogP contribution in [0.4, 0.5) is 10.5 Å². The minimum atomic E-state index is -0.503. The Kier molecular flexibility index (Phi) is 5.57. The fourth-order valence-electron chi connectivity index (χ4n) is 2.84. The summed E-state index contributed by atoms with van der Waals surface area (Å²) < 4.78 is 7.13. The van der Waals surface area contributed by atoms with Gasteiger partial charge < -0.3 is 15.0 Å². The fourth-order valence-corrected chi connectivity index (χ4v) is 3.42. The second-order valence-corrected chi connectivity index (χ2v) is 7.98. The molecule has 1 saturated heterocycles. The number of piperidine rings is 1. The van der Waals surface area contributed by atoms with Crippen LogP contribution in [0.3, 0.4) is 0 Å². The lowest BCUT2D eigenvalue weighted by Gasteiger charge is -2.39. The molecule has 0 saturated carbocycles. The van der Waals surface area contributed by atoms with Gasteiger partial charge in [-0.2, -0.15) is 5.10 Å². The van der Waals surface area contributed by atoms with Crippen LogP contribution in [0, 0.1) is 0 Å². The van der Waals surface area contributed by atoms with Crippen molar-refractivity contribution in [2.75, 3.05) is 11.4 Å². The number of hydrogen-bond acceptors (Lipinski definition) is 5. The second kappa shape index (κ2) is 7.13. The van der Waals surface area contributed by atoms with Crippen molar-refractivity contribution in [2.45, 2.75) is 58.2 Å². The first-order valence-corrected chi connectivity index (χ1v) is 8.85. The zero-order valence-electron chi connectivity index (χ0n) is 14.8. The van der Waals surface area contributed by atoms with Crippen LogP contribution in [0.25, 0.3) is 0 Å². The monoisotopic (exact) mass is 400 g/mol. The van der Waals surface area contributed by atoms with E-state index in [2.05, 4.69) is 38.2 Å². The van der Waals surface area contributed by atoms with Crippen molar-refractivity contribution in [1.82, 2.24) is 15.1 Å². The Morgan fingerprint density at radius 1 is 1.46 bits per heavy atom. The van der Waals surface area contributed by atoms with E-state index >= 15 is 0 Å². The Labute approximate surface area is 150 Å². The van der Waals surface area contributed by atoms with Crippen LogP contribution in [-0.2, 0) is 11.8 Å². The molecule has 1 aromatic heterocycles. The predicted octanol–water partition coefficient (Wildman–Crippen LogP) is 2.42. The average molecular weight is 401 g/mol. The summed E-state index contributed by atoms with van der Waals surface area (Å²) in [5, 5.41) is 7.03. The summed E-state index contributed by atoms with van der Waals surface area (Å²) in [6.07, 6.45) is 2.88. The van der Waals surface area contributed by atoms with Crippen LogP contribution >= 0.6 is 15.9 Å². The van der Waals surface area contributed by atoms with Crippen LogP contribution in [-0.4, -0.2) is 40.1 Å². The average Bonchev–Trinajstić information content (AvgIpc) is 2.44. The highest BCUT2D eigenvalue weighted by Crippen LogP contribution is 2.28. The van der Waals surface area contributed by atoms with Crippen LogP contribution in [0.2, 0.25) is 0 Å². The molecule has 1 aliphatic rings. The summed E-state index contributed by atoms with van der Waals surface area (Å²) in [4.78, 5) is 26.1. The number of anilines is 1. The highest BCUT2D eigenvalue weighted by Gasteiger charge is 2.29. The van der Waals surface area contributed by atoms with Crippen molar-refractivity contribution < 1.29 is 9.53 Å². The van der Waals surface area contributed by atoms with Crippen molar-refractivity contribution in [2.24, 2.45) is 7.05 Å². The van der Waals surface area contributed by atoms with Crippen molar-refractivity contribution in [3.63, 3.8) is 0 Å². The molecule has 2 heterocycles. The van der Waals surface area contributed by atoms with Crippen molar-refractivity contribution in [3.05, 3.63) is 21.0 Å². The Morgan fingerprint density at radius 3 is 2.71 bits per heavy atom. The van der Waals surface area contributed by atoms with Crippen LogP contribution in [0.15, 0.2) is 15.5 Å². The number of ether oxygens (including phenoxy) is 1. The zero-order chi connectivity index (χ0) is 18.1. The molecule has 2 atom stereocenters. The second-order valence-electron chi connectivity index (χ2n) is 7.18. The first-order chi connectivity index (χ1) is 11.1. The van der Waals surface area contributed by atoms with Gasteiger partial charge in [-0.05, 0) is 56.5 Å². The maximum absolute atomic E-state index is 12.0. The number of rotatable bonds is 2. The van der Waals surface area contributed by atoms with Gasteiger partial charge in [0.1, 0.15) is 10.1 Å². The summed E-state index contributed by atoms with van der Waals surface area (Å²) in [7, 11) is 1.62. The van der Waals surface area contributed by atoms with E-state index in [1.165, 1.54) is 4.68 Å². The van der Waals surface area contributed by atoms with E-state index in [0.717, 1.165) is 25.1 Å². The fraction of sp³-hybridized carbons (Fsp3) is 0.688. The highest BCUT2D eigenvalue weighted by molar-refractivity contribution is 9.10. The smallest absolute Gasteiger partial charge is 0.407 e. The summed E-state index contributed by atoms with van der Waals surface area (Å²) in [5.41, 5.74) is 0.131. The van der Waals surface area contributed by atoms with Gasteiger partial charge in [0.15, 0.2) is 0 Å². The van der Waals surface area contributed by atoms with Crippen molar-refractivity contribution in [1.29, 1.82) is 0 Å². The molecule has 134 valence electrons. The standard InChI is InChI=1S/C16H25BrN4O3/c1-10-8-11(19-15(23)24-16(2,3)4)6-7-21(10)12-9-18-20(5)14(22)13(12)17/h9-11H,6-8H2,1-5H3,(H,19,23). The molecule has 1 amide bonds. The first-order valence-electron chi connectivity index (χ1n) is 8.06. The lowest BCUT2D eigenvalue weighted by atomic mass is 9.98. The molecule has 1 aromatic rings. The Balaban J connectivity index is 2.02. The molecule has 8 heteroatoms. The molecular weight excluding hydrogens is 376 g/mol. The molecule has 7 nitrogen and oxygen atoms in total. The highest BCUT2D eigenvalue weighted by atomic mass is 79.9. The lowest BCUT2D eigenvalue weighted by Crippen LogP contribution is -2.50. The predicted molar refractivity (Wildman–Crippen MR) is 96.4 cm³/mol. The van der Waals surface area contributed by atoms with Crippen molar-refractivity contribution in [3.8, 4) is 0 Å². The Bertz CT molecular complexity index is 668. The molecule has 1 fully saturated rings. The number of aromatic nitrogens is 2. The third-order valence-electron chi connectivity index (χ3n) is 3.97. The largest absolute Gasteiger partial charge is 0.444 e. The third kappa shape index (κ3) is 4.49. The minimum Gasteiger partial charge on any atom is -0.444 e. The van der Waals surface area contributed by atoms with Crippen LogP contribution < -0.4 is 15.8 Å². The molecule has 0 bridgehead atoms. The van der Waals surface area contributed by atoms with E-state index in [1.807, 2.05) is 20.8 Å². The first kappa shape index (κ1) is 18.8. The number of carbonyl (C=O) groups excluding carboxylic acids is 1. The normalized spacial score (nSPS) is 21.5. The molecule has 1 aliphatic heterocycles. The SMILES string of the molecule is CC1CC(NC(=O)OC(C)(C)C)CCN1c1cnn(C)c(=O)c1Br. The van der Waals surface area contributed by atoms with Crippen molar-refractivity contribution >= 4 is 27.7 Å². The third-order valence-corrected chi connectivity index (χ3v) is 4.71. The number of carbonyl (C=O) groups is 1. The maximum Gasteiger partial charge on any atom is 0.407 e. The molecule has 24 heavy (non-hydrogen) atoms. The van der Waals surface area contributed by atoms with Gasteiger partial charge in [-0.1, -0.05) is 0 Å². The molecule has 2 rings (SSSR count). The van der Waals surface area contributed by atoms with Gasteiger partial charge in [0.2, 0.25) is 0 Å². The number of halogens is 1. The number of nitrogens with one attached hydrogen (secondary N) is 1. The topological polar surface area (TPSA) is 76.5 Å². The summed E-state index contributed by atoms with van der Waals surface area (Å²) >= 11 is 3.38. The van der Waals surface area contributed by atoms with Gasteiger partial charge in [-0.3, -0.25) is 4.79 Å². The molecular formula is C16H25BrN4O3. The van der Waals surface area contributed by atoms with Gasteiger partial charge in [0.25, 0.3) is 5.56 Å². The molecule has 0 aromatic carbocycles. The molecule has 1 N–H and O–H groups in total. The number of alkyl carbamates (subject to hydrolysis) is 1. The van der Waals surface area contributed by atoms with E-state index in [0.29, 0.717) is 4.47 Å². The van der Waals surface area contributed by atoms with Gasteiger partial charge in [0, 0.05) is 25.7 Å². The lowest BCUT2D eigenvalue weighted by molar-refractivity contribution is 0.0494. The van der Waals surface area contributed by atoms with Crippen LogP contribution in [0.1, 0.15) is 40.5 Å². The number of nitrogens with zero attached hydrogens (tertiary/aromatic N) is 3. The molecule has 2 unspecified atom stereocenters. The van der Waals surface area contributed by atoms with Gasteiger partial charge >= 0.3 is 6.09 Å². The zero-order valence-corrected chi connectivity index (χ0v) is 16.4. The van der Waals surface area contributed by atoms with Gasteiger partial charge in [0.05, 0.1) is 11.9 Å². The molecule has 0 radical (unpaired) electrons. The Hall–Kier alpha value is -1.57. The van der Waals surface area contributed by atoms with Gasteiger partial charge in [-0.15, -0.1) is 0 Å². The summed E-state index contributed by atoms with van der Waals surface area (Å²) in [6.45, 7) is 8.34. The van der Waals surface area contributed by atoms with Crippen LogP contribution in [0.5, 0.6) is 0 Å². The number of amides is 1. The summed E-state index contributed by atoms with van der Waals surface area (Å²) in [6, 6.07) is 0.230. The minimum absolute atomic E-state index is 0.0596. The quantitative estimate of drug-likeness (QED) is 0.824. The van der Waals surface area contributed by atoms with Gasteiger partial charge in [-0.25, -0.2) is 9.48 Å². The molecule has 0 spiro atoms. The van der Waals surface area contributed by atoms with E-state index in [-0.39, 0.29) is 23.7 Å². The number of aryl methyl sites for hydroxylation is 1. The van der Waals surface area contributed by atoms with E-state index < -0.39 is 5.60 Å².